The second-order valence-corrected chi connectivity index (χ2v) is 4.22. The minimum Gasteiger partial charge on any atom is -0.508 e. The van der Waals surface area contributed by atoms with Gasteiger partial charge in [0.2, 0.25) is 0 Å². The molecule has 7 heteroatoms. The fraction of sp³-hybridized carbons (Fsp3) is 0.133. The van der Waals surface area contributed by atoms with Crippen LogP contribution in [0.2, 0.25) is 0 Å². The van der Waals surface area contributed by atoms with Crippen LogP contribution in [0.5, 0.6) is 23.0 Å². The van der Waals surface area contributed by atoms with Gasteiger partial charge in [-0.05, 0) is 29.8 Å². The van der Waals surface area contributed by atoms with Gasteiger partial charge >= 0.3 is 5.97 Å². The van der Waals surface area contributed by atoms with Crippen LogP contribution in [-0.2, 0) is 6.54 Å². The molecule has 0 aliphatic rings. The molecule has 0 radical (unpaired) electrons. The van der Waals surface area contributed by atoms with Gasteiger partial charge in [0, 0.05) is 12.6 Å². The molecular weight excluding hydrogens is 290 g/mol. The molecule has 6 N–H and O–H groups in total. The van der Waals surface area contributed by atoms with Gasteiger partial charge in [-0.1, -0.05) is 6.07 Å². The Morgan fingerprint density at radius 2 is 1.77 bits per heavy atom. The average Bonchev–Trinajstić information content (AvgIpc) is 2.48. The summed E-state index contributed by atoms with van der Waals surface area (Å²) in [5.74, 6) is -1.20. The Bertz CT molecular complexity index is 656. The van der Waals surface area contributed by atoms with Crippen LogP contribution < -0.4 is 10.5 Å². The summed E-state index contributed by atoms with van der Waals surface area (Å²) in [4.78, 5) is 10.3. The highest BCUT2D eigenvalue weighted by Crippen LogP contribution is 2.25. The van der Waals surface area contributed by atoms with E-state index < -0.39 is 11.7 Å². The monoisotopic (exact) mass is 307 g/mol. The molecule has 0 saturated carbocycles. The van der Waals surface area contributed by atoms with E-state index in [0.29, 0.717) is 12.3 Å². The maximum atomic E-state index is 10.3. The van der Waals surface area contributed by atoms with Gasteiger partial charge in [-0.15, -0.1) is 0 Å². The zero-order valence-electron chi connectivity index (χ0n) is 11.9. The number of carboxylic acid groups (broad SMARTS) is 1. The van der Waals surface area contributed by atoms with Crippen molar-refractivity contribution in [3.8, 4) is 23.0 Å². The standard InChI is InChI=1S/C8H11NO2.C7H6O4/c1-11-8-4-6(5-9)2-3-7(8)10;8-4-1-2-5(7(10)11)6(9)3-4/h2-4,10H,5,9H2,1H3;1-3,8-9H,(H,10,11). The minimum atomic E-state index is -1.22. The van der Waals surface area contributed by atoms with Crippen molar-refractivity contribution in [3.05, 3.63) is 47.5 Å². The third kappa shape index (κ3) is 4.57. The van der Waals surface area contributed by atoms with Crippen molar-refractivity contribution in [1.82, 2.24) is 0 Å². The molecule has 2 rings (SSSR count). The van der Waals surface area contributed by atoms with Crippen LogP contribution in [0.15, 0.2) is 36.4 Å². The van der Waals surface area contributed by atoms with E-state index in [0.717, 1.165) is 17.7 Å². The Labute approximate surface area is 126 Å². The maximum absolute atomic E-state index is 10.3. The van der Waals surface area contributed by atoms with Crippen LogP contribution >= 0.6 is 0 Å². The van der Waals surface area contributed by atoms with Crippen LogP contribution in [0.3, 0.4) is 0 Å². The van der Waals surface area contributed by atoms with Gasteiger partial charge in [0.15, 0.2) is 11.5 Å². The summed E-state index contributed by atoms with van der Waals surface area (Å²) in [7, 11) is 1.51. The molecule has 0 spiro atoms. The number of ether oxygens (including phenoxy) is 1. The highest BCUT2D eigenvalue weighted by Gasteiger charge is 2.08. The van der Waals surface area contributed by atoms with Gasteiger partial charge in [-0.2, -0.15) is 0 Å². The molecule has 118 valence electrons. The fourth-order valence-electron chi connectivity index (χ4n) is 1.55. The molecule has 22 heavy (non-hydrogen) atoms. The van der Waals surface area contributed by atoms with E-state index >= 15 is 0 Å². The number of carboxylic acids is 1. The van der Waals surface area contributed by atoms with Crippen LogP contribution in [0, 0.1) is 0 Å². The first kappa shape index (κ1) is 17.1. The first-order chi connectivity index (χ1) is 10.4. The van der Waals surface area contributed by atoms with E-state index in [9.17, 15) is 4.79 Å². The predicted octanol–water partition coefficient (Wildman–Crippen LogP) is 1.66. The van der Waals surface area contributed by atoms with E-state index in [1.165, 1.54) is 13.2 Å². The lowest BCUT2D eigenvalue weighted by Gasteiger charge is -2.03. The van der Waals surface area contributed by atoms with Crippen LogP contribution in [0.4, 0.5) is 0 Å². The predicted molar refractivity (Wildman–Crippen MR) is 79.3 cm³/mol. The molecule has 0 saturated heterocycles. The van der Waals surface area contributed by atoms with Gasteiger partial charge in [0.05, 0.1) is 7.11 Å². The summed E-state index contributed by atoms with van der Waals surface area (Å²) in [6, 6.07) is 8.35. The Morgan fingerprint density at radius 1 is 1.09 bits per heavy atom. The van der Waals surface area contributed by atoms with Crippen LogP contribution in [0.25, 0.3) is 0 Å². The van der Waals surface area contributed by atoms with E-state index in [1.807, 2.05) is 0 Å². The molecule has 0 bridgehead atoms. The zero-order valence-corrected chi connectivity index (χ0v) is 11.9. The van der Waals surface area contributed by atoms with Crippen molar-refractivity contribution in [2.45, 2.75) is 6.54 Å². The lowest BCUT2D eigenvalue weighted by molar-refractivity contribution is 0.0693. The molecule has 0 aromatic heterocycles. The number of nitrogens with two attached hydrogens (primary N) is 1. The van der Waals surface area contributed by atoms with Gasteiger partial charge in [-0.3, -0.25) is 0 Å². The Balaban J connectivity index is 0.000000220. The van der Waals surface area contributed by atoms with Crippen molar-refractivity contribution in [2.75, 3.05) is 7.11 Å². The fourth-order valence-corrected chi connectivity index (χ4v) is 1.55. The number of rotatable bonds is 3. The van der Waals surface area contributed by atoms with E-state index in [1.54, 1.807) is 18.2 Å². The number of phenolic OH excluding ortho intramolecular Hbond substituents is 2. The average molecular weight is 307 g/mol. The summed E-state index contributed by atoms with van der Waals surface area (Å²) in [5, 5.41) is 35.3. The summed E-state index contributed by atoms with van der Waals surface area (Å²) < 4.78 is 4.88. The SMILES string of the molecule is COc1cc(CN)ccc1O.O=C(O)c1ccc(O)cc1O. The number of phenols is 3. The van der Waals surface area contributed by atoms with Crippen molar-refractivity contribution < 1.29 is 30.0 Å². The highest BCUT2D eigenvalue weighted by molar-refractivity contribution is 5.90. The van der Waals surface area contributed by atoms with Crippen molar-refractivity contribution in [2.24, 2.45) is 5.73 Å². The van der Waals surface area contributed by atoms with E-state index in [4.69, 9.17) is 30.9 Å². The summed E-state index contributed by atoms with van der Waals surface area (Å²) in [5.41, 5.74) is 6.11. The number of hydrogen-bond acceptors (Lipinski definition) is 6. The number of methoxy groups -OCH3 is 1. The number of carbonyl (C=O) groups is 1. The van der Waals surface area contributed by atoms with Crippen LogP contribution in [-0.4, -0.2) is 33.5 Å². The van der Waals surface area contributed by atoms with E-state index in [-0.39, 0.29) is 17.1 Å². The topological polar surface area (TPSA) is 133 Å². The Kier molecular flexibility index (Phi) is 6.03. The number of aromatic carboxylic acids is 1. The normalized spacial score (nSPS) is 9.55. The molecule has 0 heterocycles. The van der Waals surface area contributed by atoms with Crippen molar-refractivity contribution in [1.29, 1.82) is 0 Å². The lowest BCUT2D eigenvalue weighted by atomic mass is 10.2. The molecular formula is C15H17NO6. The van der Waals surface area contributed by atoms with Crippen LogP contribution in [0.1, 0.15) is 15.9 Å². The third-order valence-electron chi connectivity index (χ3n) is 2.69. The second kappa shape index (κ2) is 7.75. The lowest BCUT2D eigenvalue weighted by Crippen LogP contribution is -1.96. The largest absolute Gasteiger partial charge is 0.508 e. The minimum absolute atomic E-state index is 0.143. The molecule has 2 aromatic carbocycles. The molecule has 0 aliphatic carbocycles. The summed E-state index contributed by atoms with van der Waals surface area (Å²) >= 11 is 0. The molecule has 0 fully saturated rings. The summed E-state index contributed by atoms with van der Waals surface area (Å²) in [6.07, 6.45) is 0. The van der Waals surface area contributed by atoms with Gasteiger partial charge < -0.3 is 30.9 Å². The van der Waals surface area contributed by atoms with Crippen molar-refractivity contribution in [3.63, 3.8) is 0 Å². The van der Waals surface area contributed by atoms with Gasteiger partial charge in [0.1, 0.15) is 17.1 Å². The number of benzene rings is 2. The summed E-state index contributed by atoms with van der Waals surface area (Å²) in [6.45, 7) is 0.455. The first-order valence-corrected chi connectivity index (χ1v) is 6.20. The molecule has 0 atom stereocenters. The molecule has 0 aliphatic heterocycles. The van der Waals surface area contributed by atoms with Gasteiger partial charge in [-0.25, -0.2) is 4.79 Å². The number of aromatic hydroxyl groups is 3. The Morgan fingerprint density at radius 3 is 2.27 bits per heavy atom. The highest BCUT2D eigenvalue weighted by atomic mass is 16.5. The smallest absolute Gasteiger partial charge is 0.339 e. The molecule has 2 aromatic rings. The third-order valence-corrected chi connectivity index (χ3v) is 2.69. The maximum Gasteiger partial charge on any atom is 0.339 e. The zero-order chi connectivity index (χ0) is 16.7. The molecule has 7 nitrogen and oxygen atoms in total. The first-order valence-electron chi connectivity index (χ1n) is 6.20. The molecule has 0 unspecified atom stereocenters. The molecule has 0 amide bonds. The van der Waals surface area contributed by atoms with E-state index in [2.05, 4.69) is 0 Å². The second-order valence-electron chi connectivity index (χ2n) is 4.22. The van der Waals surface area contributed by atoms with Crippen molar-refractivity contribution >= 4 is 5.97 Å². The number of hydrogen-bond donors (Lipinski definition) is 5. The quantitative estimate of drug-likeness (QED) is 0.582. The van der Waals surface area contributed by atoms with Gasteiger partial charge in [0.25, 0.3) is 0 Å². The Hall–Kier alpha value is -2.93.